The second-order valence-corrected chi connectivity index (χ2v) is 10.4. The molecule has 7 nitrogen and oxygen atoms in total. The summed E-state index contributed by atoms with van der Waals surface area (Å²) in [5, 5.41) is 6.72. The van der Waals surface area contributed by atoms with Gasteiger partial charge in [-0.1, -0.05) is 43.0 Å². The number of imidazole rings is 1. The van der Waals surface area contributed by atoms with Gasteiger partial charge in [-0.05, 0) is 76.2 Å². The molecule has 206 valence electrons. The molecule has 1 amide bonds. The van der Waals surface area contributed by atoms with Gasteiger partial charge in [0.05, 0.1) is 13.7 Å². The third-order valence-corrected chi connectivity index (χ3v) is 7.23. The molecule has 4 rings (SSSR count). The van der Waals surface area contributed by atoms with Crippen LogP contribution >= 0.6 is 11.6 Å². The molecule has 3 aromatic rings. The average molecular weight is 540 g/mol. The Hall–Kier alpha value is -3.03. The Morgan fingerprint density at radius 2 is 1.87 bits per heavy atom. The van der Waals surface area contributed by atoms with E-state index in [1.54, 1.807) is 19.4 Å². The summed E-state index contributed by atoms with van der Waals surface area (Å²) in [7, 11) is 6.03. The van der Waals surface area contributed by atoms with E-state index in [2.05, 4.69) is 34.6 Å². The van der Waals surface area contributed by atoms with Crippen LogP contribution in [0.5, 0.6) is 5.75 Å². The molecule has 0 radical (unpaired) electrons. The van der Waals surface area contributed by atoms with Crippen LogP contribution < -0.4 is 15.4 Å². The average Bonchev–Trinajstić information content (AvgIpc) is 3.37. The van der Waals surface area contributed by atoms with Gasteiger partial charge in [0.15, 0.2) is 0 Å². The monoisotopic (exact) mass is 539 g/mol. The largest absolute Gasteiger partial charge is 0.497 e. The number of aromatic nitrogens is 2. The van der Waals surface area contributed by atoms with E-state index in [-0.39, 0.29) is 5.91 Å². The third-order valence-electron chi connectivity index (χ3n) is 7.01. The number of carbonyl (C=O) groups excluding carboxylic acids is 1. The van der Waals surface area contributed by atoms with E-state index in [1.807, 2.05) is 54.9 Å². The molecule has 0 bridgehead atoms. The molecule has 0 spiro atoms. The summed E-state index contributed by atoms with van der Waals surface area (Å²) in [6.07, 6.45) is 10.8. The van der Waals surface area contributed by atoms with E-state index in [4.69, 9.17) is 16.3 Å². The van der Waals surface area contributed by atoms with Crippen molar-refractivity contribution in [3.63, 3.8) is 0 Å². The molecule has 1 fully saturated rings. The van der Waals surface area contributed by atoms with Crippen LogP contribution in [-0.4, -0.2) is 54.1 Å². The molecule has 2 N–H and O–H groups in total. The lowest BCUT2D eigenvalue weighted by Crippen LogP contribution is -2.29. The van der Waals surface area contributed by atoms with Crippen molar-refractivity contribution in [3.8, 4) is 5.75 Å². The van der Waals surface area contributed by atoms with E-state index in [9.17, 15) is 4.79 Å². The van der Waals surface area contributed by atoms with Crippen LogP contribution in [0.2, 0.25) is 5.02 Å². The van der Waals surface area contributed by atoms with E-state index >= 15 is 0 Å². The van der Waals surface area contributed by atoms with Gasteiger partial charge in [-0.2, -0.15) is 0 Å². The summed E-state index contributed by atoms with van der Waals surface area (Å²) in [6, 6.07) is 12.3. The van der Waals surface area contributed by atoms with E-state index in [1.165, 1.54) is 32.1 Å². The van der Waals surface area contributed by atoms with Crippen LogP contribution in [-0.2, 0) is 13.1 Å². The maximum Gasteiger partial charge on any atom is 0.252 e. The number of hydrogen-bond donors (Lipinski definition) is 2. The molecule has 38 heavy (non-hydrogen) atoms. The second-order valence-electron chi connectivity index (χ2n) is 9.91. The zero-order chi connectivity index (χ0) is 27.5. The normalized spacial score (nSPS) is 13.6. The van der Waals surface area contributed by atoms with E-state index < -0.39 is 0 Å². The first kappa shape index (κ1) is 29.5. The predicted molar refractivity (Wildman–Crippen MR) is 156 cm³/mol. The highest BCUT2D eigenvalue weighted by Gasteiger charge is 2.15. The van der Waals surface area contributed by atoms with Crippen LogP contribution in [0.3, 0.4) is 0 Å². The van der Waals surface area contributed by atoms with Gasteiger partial charge < -0.3 is 24.8 Å². The topological polar surface area (TPSA) is 71.4 Å². The first-order valence-corrected chi connectivity index (χ1v) is 13.8. The summed E-state index contributed by atoms with van der Waals surface area (Å²) in [5.41, 5.74) is 3.42. The van der Waals surface area contributed by atoms with E-state index in [0.29, 0.717) is 23.7 Å². The van der Waals surface area contributed by atoms with Crippen molar-refractivity contribution >= 4 is 23.2 Å². The van der Waals surface area contributed by atoms with Crippen LogP contribution in [0.1, 0.15) is 66.3 Å². The van der Waals surface area contributed by atoms with Crippen molar-refractivity contribution in [2.45, 2.75) is 65.1 Å². The molecule has 0 aliphatic heterocycles. The Kier molecular flexibility index (Phi) is 11.5. The Morgan fingerprint density at radius 1 is 1.16 bits per heavy atom. The molecular weight excluding hydrogens is 498 g/mol. The van der Waals surface area contributed by atoms with Gasteiger partial charge in [0, 0.05) is 47.8 Å². The fraction of sp³-hybridized carbons (Fsp3) is 0.467. The number of halogens is 1. The number of methoxy groups -OCH3 is 1. The smallest absolute Gasteiger partial charge is 0.252 e. The quantitative estimate of drug-likeness (QED) is 0.341. The number of anilines is 1. The number of rotatable bonds is 9. The lowest BCUT2D eigenvalue weighted by atomic mass is 9.95. The number of nitrogens with one attached hydrogen (secondary N) is 2. The molecule has 0 saturated heterocycles. The Labute approximate surface area is 232 Å². The Bertz CT molecular complexity index is 1150. The zero-order valence-corrected chi connectivity index (χ0v) is 24.1. The van der Waals surface area contributed by atoms with Gasteiger partial charge in [0.2, 0.25) is 0 Å². The second kappa shape index (κ2) is 14.8. The van der Waals surface area contributed by atoms with Crippen molar-refractivity contribution in [1.82, 2.24) is 19.8 Å². The molecule has 1 saturated carbocycles. The molecule has 8 heteroatoms. The first-order valence-electron chi connectivity index (χ1n) is 13.4. The van der Waals surface area contributed by atoms with Crippen molar-refractivity contribution in [3.05, 3.63) is 76.3 Å². The van der Waals surface area contributed by atoms with Gasteiger partial charge in [-0.15, -0.1) is 0 Å². The summed E-state index contributed by atoms with van der Waals surface area (Å²) in [6.45, 7) is 5.65. The molecule has 0 unspecified atom stereocenters. The highest BCUT2D eigenvalue weighted by molar-refractivity contribution is 6.31. The standard InChI is InChI=1S/C22H25ClN4O2.C8H17N/c1-4-24-20-12-17(23)11-19(15(20)2)22(28)26-13-21-25-9-10-27(21)14-16-5-7-18(29-3)8-6-16;1-9(2)8-6-4-3-5-7-8/h5-12,24H,4,13-14H2,1-3H3,(H,26,28);8H,3-7H2,1-2H3. The van der Waals surface area contributed by atoms with Crippen molar-refractivity contribution in [1.29, 1.82) is 0 Å². The van der Waals surface area contributed by atoms with Crippen LogP contribution in [0.4, 0.5) is 5.69 Å². The number of benzene rings is 2. The van der Waals surface area contributed by atoms with Crippen molar-refractivity contribution in [2.75, 3.05) is 33.1 Å². The molecule has 1 heterocycles. The van der Waals surface area contributed by atoms with Crippen LogP contribution in [0.15, 0.2) is 48.8 Å². The van der Waals surface area contributed by atoms with Crippen molar-refractivity contribution < 1.29 is 9.53 Å². The number of carbonyl (C=O) groups is 1. The summed E-state index contributed by atoms with van der Waals surface area (Å²) in [5.74, 6) is 1.42. The number of amides is 1. The zero-order valence-electron chi connectivity index (χ0n) is 23.4. The lowest BCUT2D eigenvalue weighted by Gasteiger charge is -2.27. The Balaban J connectivity index is 0.000000375. The van der Waals surface area contributed by atoms with Crippen LogP contribution in [0.25, 0.3) is 0 Å². The Morgan fingerprint density at radius 3 is 2.47 bits per heavy atom. The number of nitrogens with zero attached hydrogens (tertiary/aromatic N) is 3. The minimum absolute atomic E-state index is 0.178. The summed E-state index contributed by atoms with van der Waals surface area (Å²) >= 11 is 6.19. The number of ether oxygens (including phenoxy) is 1. The third kappa shape index (κ3) is 8.50. The molecule has 1 aromatic heterocycles. The molecule has 1 aliphatic carbocycles. The fourth-order valence-corrected chi connectivity index (χ4v) is 4.94. The summed E-state index contributed by atoms with van der Waals surface area (Å²) in [4.78, 5) is 19.5. The van der Waals surface area contributed by atoms with E-state index in [0.717, 1.165) is 41.0 Å². The minimum atomic E-state index is -0.178. The highest BCUT2D eigenvalue weighted by atomic mass is 35.5. The van der Waals surface area contributed by atoms with Gasteiger partial charge in [0.1, 0.15) is 11.6 Å². The highest BCUT2D eigenvalue weighted by Crippen LogP contribution is 2.25. The van der Waals surface area contributed by atoms with Gasteiger partial charge in [0.25, 0.3) is 5.91 Å². The fourth-order valence-electron chi connectivity index (χ4n) is 4.72. The molecule has 1 aliphatic rings. The minimum Gasteiger partial charge on any atom is -0.497 e. The lowest BCUT2D eigenvalue weighted by molar-refractivity contribution is 0.0949. The molecule has 0 atom stereocenters. The predicted octanol–water partition coefficient (Wildman–Crippen LogP) is 6.14. The summed E-state index contributed by atoms with van der Waals surface area (Å²) < 4.78 is 7.21. The molecule has 2 aromatic carbocycles. The maximum atomic E-state index is 12.8. The SMILES string of the molecule is CCNc1cc(Cl)cc(C(=O)NCc2nccn2Cc2ccc(OC)cc2)c1C.CN(C)C1CCCCC1. The maximum absolute atomic E-state index is 12.8. The van der Waals surface area contributed by atoms with Gasteiger partial charge in [-0.3, -0.25) is 4.79 Å². The molecular formula is C30H42ClN5O2. The van der Waals surface area contributed by atoms with Gasteiger partial charge >= 0.3 is 0 Å². The van der Waals surface area contributed by atoms with Gasteiger partial charge in [-0.25, -0.2) is 4.98 Å². The number of hydrogen-bond acceptors (Lipinski definition) is 5. The van der Waals surface area contributed by atoms with Crippen LogP contribution in [0, 0.1) is 6.92 Å². The first-order chi connectivity index (χ1) is 18.3. The van der Waals surface area contributed by atoms with Crippen molar-refractivity contribution in [2.24, 2.45) is 0 Å².